The summed E-state index contributed by atoms with van der Waals surface area (Å²) in [5, 5.41) is 21.0. The summed E-state index contributed by atoms with van der Waals surface area (Å²) in [4.78, 5) is 0. The second-order valence-electron chi connectivity index (χ2n) is 5.35. The Labute approximate surface area is 122 Å². The fraction of sp³-hybridized carbons (Fsp3) is 0.0526. The molecule has 0 unspecified atom stereocenters. The first kappa shape index (κ1) is 12.2. The fourth-order valence-corrected chi connectivity index (χ4v) is 3.23. The van der Waals surface area contributed by atoms with Gasteiger partial charge in [0.25, 0.3) is 0 Å². The molecule has 3 aromatic rings. The van der Waals surface area contributed by atoms with Gasteiger partial charge in [-0.05, 0) is 28.8 Å². The van der Waals surface area contributed by atoms with Crippen molar-refractivity contribution in [1.82, 2.24) is 0 Å². The maximum Gasteiger partial charge on any atom is 0.141 e. The van der Waals surface area contributed by atoms with Crippen molar-refractivity contribution in [2.75, 3.05) is 0 Å². The molecule has 0 aliphatic heterocycles. The van der Waals surface area contributed by atoms with Gasteiger partial charge in [0.2, 0.25) is 0 Å². The number of aromatic hydroxyl groups is 1. The predicted molar refractivity (Wildman–Crippen MR) is 82.1 cm³/mol. The number of phenols is 1. The third-order valence-corrected chi connectivity index (χ3v) is 4.21. The summed E-state index contributed by atoms with van der Waals surface area (Å²) >= 11 is 0. The molecule has 1 aliphatic carbocycles. The number of aliphatic hydroxyl groups is 1. The van der Waals surface area contributed by atoms with Crippen LogP contribution in [0.15, 0.2) is 72.8 Å². The molecule has 0 bridgehead atoms. The average molecular weight is 274 g/mol. The van der Waals surface area contributed by atoms with Crippen LogP contribution in [0.5, 0.6) is 5.75 Å². The Hall–Kier alpha value is -2.58. The zero-order valence-corrected chi connectivity index (χ0v) is 11.3. The molecular formula is C19H14O2. The summed E-state index contributed by atoms with van der Waals surface area (Å²) in [7, 11) is 0. The first-order valence-electron chi connectivity index (χ1n) is 6.92. The predicted octanol–water partition coefficient (Wildman–Crippen LogP) is 3.66. The van der Waals surface area contributed by atoms with Gasteiger partial charge in [0.1, 0.15) is 11.4 Å². The van der Waals surface area contributed by atoms with Crippen LogP contribution >= 0.6 is 0 Å². The summed E-state index contributed by atoms with van der Waals surface area (Å²) in [5.41, 5.74) is 3.49. The van der Waals surface area contributed by atoms with Crippen LogP contribution in [0.3, 0.4) is 0 Å². The van der Waals surface area contributed by atoms with Crippen LogP contribution in [0.4, 0.5) is 0 Å². The molecular weight excluding hydrogens is 260 g/mol. The van der Waals surface area contributed by atoms with Crippen molar-refractivity contribution in [3.05, 3.63) is 89.5 Å². The van der Waals surface area contributed by atoms with E-state index in [1.54, 1.807) is 24.3 Å². The standard InChI is InChI=1S/C19H14O2/c20-14-11-9-13(10-12-14)19(21)17-7-3-1-5-15(17)16-6-2-4-8-18(16)19/h1-12,20-21H. The van der Waals surface area contributed by atoms with Crippen molar-refractivity contribution in [1.29, 1.82) is 0 Å². The van der Waals surface area contributed by atoms with Crippen LogP contribution in [-0.4, -0.2) is 10.2 Å². The molecule has 0 atom stereocenters. The smallest absolute Gasteiger partial charge is 0.141 e. The molecule has 0 saturated heterocycles. The molecule has 0 heterocycles. The lowest BCUT2D eigenvalue weighted by Gasteiger charge is -2.26. The van der Waals surface area contributed by atoms with Gasteiger partial charge >= 0.3 is 0 Å². The molecule has 0 amide bonds. The van der Waals surface area contributed by atoms with E-state index in [1.165, 1.54) is 0 Å². The van der Waals surface area contributed by atoms with E-state index < -0.39 is 5.60 Å². The minimum atomic E-state index is -1.17. The van der Waals surface area contributed by atoms with E-state index in [4.69, 9.17) is 0 Å². The van der Waals surface area contributed by atoms with Crippen molar-refractivity contribution in [3.63, 3.8) is 0 Å². The third-order valence-electron chi connectivity index (χ3n) is 4.21. The zero-order chi connectivity index (χ0) is 14.4. The summed E-state index contributed by atoms with van der Waals surface area (Å²) in [5.74, 6) is 0.196. The van der Waals surface area contributed by atoms with Crippen LogP contribution in [0.2, 0.25) is 0 Å². The van der Waals surface area contributed by atoms with E-state index in [9.17, 15) is 10.2 Å². The maximum atomic E-state index is 11.5. The van der Waals surface area contributed by atoms with Gasteiger partial charge in [-0.3, -0.25) is 0 Å². The largest absolute Gasteiger partial charge is 0.508 e. The Morgan fingerprint density at radius 1 is 0.619 bits per heavy atom. The topological polar surface area (TPSA) is 40.5 Å². The second kappa shape index (κ2) is 4.21. The van der Waals surface area contributed by atoms with Crippen molar-refractivity contribution in [2.45, 2.75) is 5.60 Å². The normalized spacial score (nSPS) is 14.5. The molecule has 102 valence electrons. The summed E-state index contributed by atoms with van der Waals surface area (Å²) in [6.07, 6.45) is 0. The van der Waals surface area contributed by atoms with Gasteiger partial charge in [-0.25, -0.2) is 0 Å². The number of hydrogen-bond acceptors (Lipinski definition) is 2. The van der Waals surface area contributed by atoms with Gasteiger partial charge < -0.3 is 10.2 Å². The summed E-state index contributed by atoms with van der Waals surface area (Å²) in [6, 6.07) is 22.6. The van der Waals surface area contributed by atoms with Gasteiger partial charge in [0, 0.05) is 11.1 Å². The Kier molecular flexibility index (Phi) is 2.44. The van der Waals surface area contributed by atoms with E-state index in [2.05, 4.69) is 0 Å². The first-order chi connectivity index (χ1) is 10.2. The molecule has 21 heavy (non-hydrogen) atoms. The Balaban J connectivity index is 2.06. The van der Waals surface area contributed by atoms with Crippen LogP contribution < -0.4 is 0 Å². The molecule has 1 aliphatic rings. The number of benzene rings is 3. The zero-order valence-electron chi connectivity index (χ0n) is 11.3. The second-order valence-corrected chi connectivity index (χ2v) is 5.35. The first-order valence-corrected chi connectivity index (χ1v) is 6.92. The molecule has 2 heteroatoms. The molecule has 2 nitrogen and oxygen atoms in total. The molecule has 4 rings (SSSR count). The molecule has 0 saturated carbocycles. The van der Waals surface area contributed by atoms with Gasteiger partial charge in [-0.2, -0.15) is 0 Å². The number of hydrogen-bond donors (Lipinski definition) is 2. The lowest BCUT2D eigenvalue weighted by molar-refractivity contribution is 0.130. The van der Waals surface area contributed by atoms with Gasteiger partial charge in [-0.15, -0.1) is 0 Å². The minimum Gasteiger partial charge on any atom is -0.508 e. The summed E-state index contributed by atoms with van der Waals surface area (Å²) < 4.78 is 0. The highest BCUT2D eigenvalue weighted by molar-refractivity contribution is 5.82. The number of rotatable bonds is 1. The quantitative estimate of drug-likeness (QED) is 0.711. The lowest BCUT2D eigenvalue weighted by Crippen LogP contribution is -2.25. The van der Waals surface area contributed by atoms with Gasteiger partial charge in [0.05, 0.1) is 0 Å². The Bertz CT molecular complexity index is 773. The van der Waals surface area contributed by atoms with E-state index in [1.807, 2.05) is 48.5 Å². The maximum absolute atomic E-state index is 11.5. The fourth-order valence-electron chi connectivity index (χ4n) is 3.23. The molecule has 0 radical (unpaired) electrons. The van der Waals surface area contributed by atoms with Gasteiger partial charge in [-0.1, -0.05) is 60.7 Å². The SMILES string of the molecule is Oc1ccc(C2(O)c3ccccc3-c3ccccc32)cc1. The highest BCUT2D eigenvalue weighted by Crippen LogP contribution is 2.50. The number of phenolic OH excluding ortho intramolecular Hbond substituents is 1. The average Bonchev–Trinajstić information content (AvgIpc) is 2.80. The van der Waals surface area contributed by atoms with Crippen molar-refractivity contribution in [3.8, 4) is 16.9 Å². The molecule has 3 aromatic carbocycles. The Morgan fingerprint density at radius 2 is 1.10 bits per heavy atom. The highest BCUT2D eigenvalue weighted by Gasteiger charge is 2.42. The van der Waals surface area contributed by atoms with E-state index in [-0.39, 0.29) is 5.75 Å². The molecule has 0 spiro atoms. The van der Waals surface area contributed by atoms with E-state index >= 15 is 0 Å². The molecule has 0 aromatic heterocycles. The van der Waals surface area contributed by atoms with Gasteiger partial charge in [0.15, 0.2) is 0 Å². The third kappa shape index (κ3) is 1.57. The lowest BCUT2D eigenvalue weighted by atomic mass is 9.84. The van der Waals surface area contributed by atoms with Crippen LogP contribution in [0.25, 0.3) is 11.1 Å². The summed E-state index contributed by atoms with van der Waals surface area (Å²) in [6.45, 7) is 0. The van der Waals surface area contributed by atoms with Crippen molar-refractivity contribution < 1.29 is 10.2 Å². The van der Waals surface area contributed by atoms with Crippen LogP contribution in [-0.2, 0) is 5.60 Å². The van der Waals surface area contributed by atoms with Crippen LogP contribution in [0, 0.1) is 0 Å². The molecule has 0 fully saturated rings. The minimum absolute atomic E-state index is 0.196. The Morgan fingerprint density at radius 3 is 1.62 bits per heavy atom. The number of fused-ring (bicyclic) bond motifs is 3. The van der Waals surface area contributed by atoms with E-state index in [0.717, 1.165) is 27.8 Å². The van der Waals surface area contributed by atoms with Crippen molar-refractivity contribution >= 4 is 0 Å². The van der Waals surface area contributed by atoms with Crippen LogP contribution in [0.1, 0.15) is 16.7 Å². The van der Waals surface area contributed by atoms with Crippen molar-refractivity contribution in [2.24, 2.45) is 0 Å². The van der Waals surface area contributed by atoms with E-state index in [0.29, 0.717) is 0 Å². The highest BCUT2D eigenvalue weighted by atomic mass is 16.3. The molecule has 2 N–H and O–H groups in total. The monoisotopic (exact) mass is 274 g/mol.